The van der Waals surface area contributed by atoms with Crippen LogP contribution in [0.15, 0.2) is 4.52 Å². The molecule has 0 bridgehead atoms. The SMILES string of the molecule is CC(=O)N1CCCCC1CC(=O)N1CCCC1c1noc(C2CC2)n1. The predicted molar refractivity (Wildman–Crippen MR) is 89.6 cm³/mol. The molecule has 7 heteroatoms. The maximum absolute atomic E-state index is 12.9. The Morgan fingerprint density at radius 1 is 1.08 bits per heavy atom. The number of hydrogen-bond donors (Lipinski definition) is 0. The Labute approximate surface area is 147 Å². The van der Waals surface area contributed by atoms with E-state index in [1.807, 2.05) is 9.80 Å². The third kappa shape index (κ3) is 3.41. The quantitative estimate of drug-likeness (QED) is 0.836. The summed E-state index contributed by atoms with van der Waals surface area (Å²) in [4.78, 5) is 33.1. The molecule has 0 radical (unpaired) electrons. The number of piperidine rings is 1. The van der Waals surface area contributed by atoms with Crippen molar-refractivity contribution in [2.75, 3.05) is 13.1 Å². The fraction of sp³-hybridized carbons (Fsp3) is 0.778. The highest BCUT2D eigenvalue weighted by Gasteiger charge is 2.37. The van der Waals surface area contributed by atoms with Crippen LogP contribution in [0.1, 0.15) is 82.0 Å². The van der Waals surface area contributed by atoms with Gasteiger partial charge in [0.05, 0.1) is 6.04 Å². The molecule has 1 aromatic heterocycles. The first kappa shape index (κ1) is 16.5. The second kappa shape index (κ2) is 6.77. The summed E-state index contributed by atoms with van der Waals surface area (Å²) in [5.41, 5.74) is 0. The number of amides is 2. The summed E-state index contributed by atoms with van der Waals surface area (Å²) in [5.74, 6) is 1.99. The van der Waals surface area contributed by atoms with Gasteiger partial charge in [0.25, 0.3) is 0 Å². The Bertz CT molecular complexity index is 655. The molecule has 7 nitrogen and oxygen atoms in total. The fourth-order valence-corrected chi connectivity index (χ4v) is 4.16. The molecule has 1 saturated carbocycles. The zero-order valence-corrected chi connectivity index (χ0v) is 14.8. The van der Waals surface area contributed by atoms with Gasteiger partial charge in [-0.1, -0.05) is 5.16 Å². The van der Waals surface area contributed by atoms with Crippen molar-refractivity contribution >= 4 is 11.8 Å². The predicted octanol–water partition coefficient (Wildman–Crippen LogP) is 2.40. The standard InChI is InChI=1S/C18H26N4O3/c1-12(23)21-9-3-2-5-14(21)11-16(24)22-10-4-6-15(22)17-19-18(25-20-17)13-7-8-13/h13-15H,2-11H2,1H3. The van der Waals surface area contributed by atoms with E-state index < -0.39 is 0 Å². The molecule has 3 heterocycles. The molecule has 1 aromatic rings. The van der Waals surface area contributed by atoms with Crippen molar-refractivity contribution in [2.45, 2.75) is 76.3 Å². The lowest BCUT2D eigenvalue weighted by Gasteiger charge is -2.36. The largest absolute Gasteiger partial charge is 0.339 e. The maximum Gasteiger partial charge on any atom is 0.229 e. The van der Waals surface area contributed by atoms with Gasteiger partial charge in [-0.25, -0.2) is 0 Å². The molecule has 1 aliphatic carbocycles. The van der Waals surface area contributed by atoms with Gasteiger partial charge in [-0.2, -0.15) is 4.98 Å². The number of carbonyl (C=O) groups excluding carboxylic acids is 2. The van der Waals surface area contributed by atoms with Crippen LogP contribution in [0, 0.1) is 0 Å². The van der Waals surface area contributed by atoms with E-state index in [0.29, 0.717) is 18.2 Å². The Hall–Kier alpha value is -1.92. The van der Waals surface area contributed by atoms with Crippen molar-refractivity contribution < 1.29 is 14.1 Å². The number of hydrogen-bond acceptors (Lipinski definition) is 5. The first-order valence-electron chi connectivity index (χ1n) is 9.53. The second-order valence-electron chi connectivity index (χ2n) is 7.58. The highest BCUT2D eigenvalue weighted by molar-refractivity contribution is 5.79. The van der Waals surface area contributed by atoms with E-state index in [9.17, 15) is 9.59 Å². The molecule has 2 amide bonds. The highest BCUT2D eigenvalue weighted by Crippen LogP contribution is 2.40. The van der Waals surface area contributed by atoms with E-state index in [0.717, 1.165) is 63.9 Å². The Morgan fingerprint density at radius 2 is 1.88 bits per heavy atom. The summed E-state index contributed by atoms with van der Waals surface area (Å²) in [5, 5.41) is 4.14. The van der Waals surface area contributed by atoms with Crippen LogP contribution in [0.3, 0.4) is 0 Å². The van der Waals surface area contributed by atoms with Crippen LogP contribution < -0.4 is 0 Å². The summed E-state index contributed by atoms with van der Waals surface area (Å²) < 4.78 is 5.38. The molecule has 2 aliphatic heterocycles. The number of likely N-dealkylation sites (tertiary alicyclic amines) is 2. The smallest absolute Gasteiger partial charge is 0.229 e. The summed E-state index contributed by atoms with van der Waals surface area (Å²) in [6, 6.07) is -0.0367. The van der Waals surface area contributed by atoms with Crippen LogP contribution in [-0.4, -0.2) is 50.9 Å². The second-order valence-corrected chi connectivity index (χ2v) is 7.58. The molecule has 25 heavy (non-hydrogen) atoms. The number of nitrogens with zero attached hydrogens (tertiary/aromatic N) is 4. The van der Waals surface area contributed by atoms with Gasteiger partial charge in [-0.15, -0.1) is 0 Å². The first-order chi connectivity index (χ1) is 12.1. The summed E-state index contributed by atoms with van der Waals surface area (Å²) >= 11 is 0. The monoisotopic (exact) mass is 346 g/mol. The van der Waals surface area contributed by atoms with Crippen molar-refractivity contribution in [2.24, 2.45) is 0 Å². The lowest BCUT2D eigenvalue weighted by molar-refractivity contribution is -0.137. The van der Waals surface area contributed by atoms with Crippen molar-refractivity contribution in [1.29, 1.82) is 0 Å². The third-order valence-corrected chi connectivity index (χ3v) is 5.70. The Morgan fingerprint density at radius 3 is 2.64 bits per heavy atom. The van der Waals surface area contributed by atoms with Gasteiger partial charge >= 0.3 is 0 Å². The molecule has 0 spiro atoms. The van der Waals surface area contributed by atoms with Gasteiger partial charge in [0.15, 0.2) is 5.82 Å². The van der Waals surface area contributed by atoms with Crippen molar-refractivity contribution in [1.82, 2.24) is 19.9 Å². The van der Waals surface area contributed by atoms with Crippen LogP contribution in [0.4, 0.5) is 0 Å². The molecule has 3 aliphatic rings. The number of carbonyl (C=O) groups is 2. The molecule has 2 unspecified atom stereocenters. The zero-order valence-electron chi connectivity index (χ0n) is 14.8. The minimum absolute atomic E-state index is 0.0345. The molecule has 0 aromatic carbocycles. The summed E-state index contributed by atoms with van der Waals surface area (Å²) in [7, 11) is 0. The molecule has 4 rings (SSSR count). The van der Waals surface area contributed by atoms with E-state index >= 15 is 0 Å². The molecule has 0 N–H and O–H groups in total. The third-order valence-electron chi connectivity index (χ3n) is 5.70. The van der Waals surface area contributed by atoms with Gasteiger partial charge in [0, 0.05) is 38.4 Å². The van der Waals surface area contributed by atoms with E-state index in [2.05, 4.69) is 10.1 Å². The normalized spacial score (nSPS) is 26.9. The average Bonchev–Trinajstić information content (AvgIpc) is 3.13. The van der Waals surface area contributed by atoms with E-state index in [1.54, 1.807) is 6.92 Å². The molecule has 2 saturated heterocycles. The van der Waals surface area contributed by atoms with E-state index in [1.165, 1.54) is 0 Å². The average molecular weight is 346 g/mol. The number of rotatable bonds is 4. The van der Waals surface area contributed by atoms with E-state index in [-0.39, 0.29) is 23.9 Å². The fourth-order valence-electron chi connectivity index (χ4n) is 4.16. The van der Waals surface area contributed by atoms with Gasteiger partial charge in [-0.05, 0) is 44.9 Å². The van der Waals surface area contributed by atoms with E-state index in [4.69, 9.17) is 4.52 Å². The zero-order chi connectivity index (χ0) is 17.4. The van der Waals surface area contributed by atoms with Crippen LogP contribution in [0.25, 0.3) is 0 Å². The topological polar surface area (TPSA) is 79.5 Å². The minimum Gasteiger partial charge on any atom is -0.339 e. The minimum atomic E-state index is -0.0712. The molecular weight excluding hydrogens is 320 g/mol. The van der Waals surface area contributed by atoms with Gasteiger partial charge in [0.2, 0.25) is 17.7 Å². The van der Waals surface area contributed by atoms with Crippen molar-refractivity contribution in [3.8, 4) is 0 Å². The van der Waals surface area contributed by atoms with Crippen molar-refractivity contribution in [3.63, 3.8) is 0 Å². The lowest BCUT2D eigenvalue weighted by Crippen LogP contribution is -2.45. The van der Waals surface area contributed by atoms with Crippen LogP contribution in [-0.2, 0) is 9.59 Å². The van der Waals surface area contributed by atoms with Crippen LogP contribution in [0.2, 0.25) is 0 Å². The Kier molecular flexibility index (Phi) is 4.48. The maximum atomic E-state index is 12.9. The van der Waals surface area contributed by atoms with Gasteiger partial charge in [-0.3, -0.25) is 9.59 Å². The van der Waals surface area contributed by atoms with Gasteiger partial charge in [0.1, 0.15) is 0 Å². The van der Waals surface area contributed by atoms with Crippen LogP contribution >= 0.6 is 0 Å². The molecule has 3 fully saturated rings. The molecule has 2 atom stereocenters. The summed E-state index contributed by atoms with van der Waals surface area (Å²) in [6.45, 7) is 3.11. The van der Waals surface area contributed by atoms with Crippen molar-refractivity contribution in [3.05, 3.63) is 11.7 Å². The summed E-state index contributed by atoms with van der Waals surface area (Å²) in [6.07, 6.45) is 7.53. The Balaban J connectivity index is 1.43. The highest BCUT2D eigenvalue weighted by atomic mass is 16.5. The molecule has 136 valence electrons. The lowest BCUT2D eigenvalue weighted by atomic mass is 9.98. The molecular formula is C18H26N4O3. The first-order valence-corrected chi connectivity index (χ1v) is 9.53. The van der Waals surface area contributed by atoms with Gasteiger partial charge < -0.3 is 14.3 Å². The van der Waals surface area contributed by atoms with Crippen LogP contribution in [0.5, 0.6) is 0 Å². The number of aromatic nitrogens is 2.